The third kappa shape index (κ3) is 3.84. The average molecular weight is 521 g/mol. The van der Waals surface area contributed by atoms with Crippen molar-refractivity contribution in [3.05, 3.63) is 157 Å². The van der Waals surface area contributed by atoms with Gasteiger partial charge in [0.1, 0.15) is 0 Å². The van der Waals surface area contributed by atoms with E-state index in [0.717, 1.165) is 0 Å². The van der Waals surface area contributed by atoms with Gasteiger partial charge in [0, 0.05) is 0 Å². The highest BCUT2D eigenvalue weighted by atomic mass is 14.2. The minimum Gasteiger partial charge on any atom is -0.0616 e. The zero-order valence-corrected chi connectivity index (χ0v) is 22.9. The third-order valence-corrected chi connectivity index (χ3v) is 8.58. The van der Waals surface area contributed by atoms with E-state index in [1.165, 1.54) is 82.0 Å². The van der Waals surface area contributed by atoms with Crippen LogP contribution in [0.3, 0.4) is 0 Å². The van der Waals surface area contributed by atoms with E-state index in [-0.39, 0.29) is 0 Å². The maximum Gasteiger partial charge on any atom is -0.00235 e. The Morgan fingerprint density at radius 2 is 0.854 bits per heavy atom. The molecule has 0 saturated carbocycles. The molecular formula is C41H28. The fraction of sp³-hybridized carbons (Fsp3) is 0.0244. The summed E-state index contributed by atoms with van der Waals surface area (Å²) in [4.78, 5) is 0. The largest absolute Gasteiger partial charge is 0.0616 e. The molecule has 0 aliphatic heterocycles. The zero-order valence-electron chi connectivity index (χ0n) is 22.9. The highest BCUT2D eigenvalue weighted by molar-refractivity contribution is 6.22. The Hall–Kier alpha value is -5.20. The maximum atomic E-state index is 2.40. The molecule has 0 unspecified atom stereocenters. The van der Waals surface area contributed by atoms with Crippen molar-refractivity contribution in [1.82, 2.24) is 0 Å². The molecule has 0 heteroatoms. The number of benzene rings is 8. The van der Waals surface area contributed by atoms with Crippen molar-refractivity contribution in [2.45, 2.75) is 6.92 Å². The lowest BCUT2D eigenvalue weighted by molar-refractivity contribution is 1.47. The van der Waals surface area contributed by atoms with Crippen molar-refractivity contribution in [2.24, 2.45) is 0 Å². The van der Waals surface area contributed by atoms with Gasteiger partial charge in [-0.25, -0.2) is 0 Å². The fourth-order valence-electron chi connectivity index (χ4n) is 6.61. The van der Waals surface area contributed by atoms with Crippen molar-refractivity contribution in [3.63, 3.8) is 0 Å². The topological polar surface area (TPSA) is 0 Å². The average Bonchev–Trinajstić information content (AvgIpc) is 3.03. The molecule has 0 heterocycles. The van der Waals surface area contributed by atoms with Crippen LogP contribution in [0.25, 0.3) is 76.5 Å². The molecule has 0 saturated heterocycles. The van der Waals surface area contributed by atoms with E-state index >= 15 is 0 Å². The van der Waals surface area contributed by atoms with E-state index in [4.69, 9.17) is 0 Å². The van der Waals surface area contributed by atoms with Gasteiger partial charge in [-0.1, -0.05) is 140 Å². The molecule has 0 atom stereocenters. The summed E-state index contributed by atoms with van der Waals surface area (Å²) in [5.41, 5.74) is 8.94. The first-order chi connectivity index (χ1) is 20.3. The van der Waals surface area contributed by atoms with Gasteiger partial charge in [-0.2, -0.15) is 0 Å². The molecule has 0 aromatic heterocycles. The normalized spacial score (nSPS) is 11.5. The van der Waals surface area contributed by atoms with E-state index in [1.54, 1.807) is 0 Å². The van der Waals surface area contributed by atoms with Crippen LogP contribution < -0.4 is 0 Å². The first-order valence-corrected chi connectivity index (χ1v) is 14.3. The number of rotatable bonds is 3. The van der Waals surface area contributed by atoms with Crippen molar-refractivity contribution >= 4 is 43.1 Å². The van der Waals surface area contributed by atoms with Gasteiger partial charge in [-0.05, 0) is 101 Å². The summed E-state index contributed by atoms with van der Waals surface area (Å²) in [5, 5.41) is 10.2. The molecule has 0 radical (unpaired) electrons. The van der Waals surface area contributed by atoms with E-state index in [2.05, 4.69) is 159 Å². The lowest BCUT2D eigenvalue weighted by atomic mass is 9.83. The summed E-state index contributed by atoms with van der Waals surface area (Å²) in [6, 6.07) is 55.6. The number of aryl methyl sites for hydroxylation is 1. The standard InChI is InChI=1S/C41H28/c1-27-21-22-31(34-20-10-14-29-12-4-5-15-33(29)34)26-39(27)41-37-18-8-6-16-35(37)40(36-17-7-9-19-38(36)41)32-24-23-28-11-2-3-13-30(28)25-32/h2-26H,1H3. The predicted octanol–water partition coefficient (Wildman–Crippen LogP) is 11.6. The second-order valence-electron chi connectivity index (χ2n) is 11.0. The summed E-state index contributed by atoms with van der Waals surface area (Å²) >= 11 is 0. The maximum absolute atomic E-state index is 2.40. The van der Waals surface area contributed by atoms with Crippen LogP contribution in [-0.2, 0) is 0 Å². The molecule has 0 aliphatic rings. The Kier molecular flexibility index (Phi) is 5.47. The Morgan fingerprint density at radius 3 is 1.56 bits per heavy atom. The molecule has 0 spiro atoms. The molecule has 41 heavy (non-hydrogen) atoms. The smallest absolute Gasteiger partial charge is 0.00235 e. The molecule has 0 N–H and O–H groups in total. The summed E-state index contributed by atoms with van der Waals surface area (Å²) < 4.78 is 0. The van der Waals surface area contributed by atoms with E-state index in [9.17, 15) is 0 Å². The molecule has 0 nitrogen and oxygen atoms in total. The van der Waals surface area contributed by atoms with Crippen molar-refractivity contribution < 1.29 is 0 Å². The van der Waals surface area contributed by atoms with Crippen LogP contribution in [0, 0.1) is 6.92 Å². The molecule has 0 fully saturated rings. The van der Waals surface area contributed by atoms with Crippen molar-refractivity contribution in [2.75, 3.05) is 0 Å². The predicted molar refractivity (Wildman–Crippen MR) is 178 cm³/mol. The quantitative estimate of drug-likeness (QED) is 0.203. The molecule has 8 aromatic carbocycles. The minimum atomic E-state index is 1.24. The zero-order chi connectivity index (χ0) is 27.3. The lowest BCUT2D eigenvalue weighted by Crippen LogP contribution is -1.93. The van der Waals surface area contributed by atoms with Gasteiger partial charge in [0.25, 0.3) is 0 Å². The minimum absolute atomic E-state index is 1.24. The second kappa shape index (κ2) is 9.47. The lowest BCUT2D eigenvalue weighted by Gasteiger charge is -2.20. The van der Waals surface area contributed by atoms with Gasteiger partial charge in [-0.15, -0.1) is 0 Å². The first kappa shape index (κ1) is 23.7. The van der Waals surface area contributed by atoms with Crippen LogP contribution in [0.1, 0.15) is 5.56 Å². The molecule has 0 amide bonds. The van der Waals surface area contributed by atoms with Crippen LogP contribution in [0.15, 0.2) is 152 Å². The van der Waals surface area contributed by atoms with Gasteiger partial charge < -0.3 is 0 Å². The highest BCUT2D eigenvalue weighted by Gasteiger charge is 2.18. The number of fused-ring (bicyclic) bond motifs is 4. The van der Waals surface area contributed by atoms with Crippen LogP contribution in [0.4, 0.5) is 0 Å². The Morgan fingerprint density at radius 1 is 0.317 bits per heavy atom. The highest BCUT2D eigenvalue weighted by Crippen LogP contribution is 2.45. The Labute approximate surface area is 240 Å². The summed E-state index contributed by atoms with van der Waals surface area (Å²) in [7, 11) is 0. The van der Waals surface area contributed by atoms with Gasteiger partial charge in [0.2, 0.25) is 0 Å². The fourth-order valence-corrected chi connectivity index (χ4v) is 6.61. The molecule has 192 valence electrons. The first-order valence-electron chi connectivity index (χ1n) is 14.3. The Bertz CT molecular complexity index is 2210. The number of hydrogen-bond acceptors (Lipinski definition) is 0. The summed E-state index contributed by atoms with van der Waals surface area (Å²) in [6.45, 7) is 2.24. The Balaban J connectivity index is 1.44. The molecule has 0 bridgehead atoms. The van der Waals surface area contributed by atoms with Crippen LogP contribution in [0.2, 0.25) is 0 Å². The summed E-state index contributed by atoms with van der Waals surface area (Å²) in [5.74, 6) is 0. The number of hydrogen-bond donors (Lipinski definition) is 0. The molecule has 0 aliphatic carbocycles. The van der Waals surface area contributed by atoms with Gasteiger partial charge in [-0.3, -0.25) is 0 Å². The van der Waals surface area contributed by atoms with E-state index in [1.807, 2.05) is 0 Å². The molecular weight excluding hydrogens is 492 g/mol. The monoisotopic (exact) mass is 520 g/mol. The SMILES string of the molecule is Cc1ccc(-c2cccc3ccccc23)cc1-c1c2ccccc2c(-c2ccc3ccccc3c2)c2ccccc12. The van der Waals surface area contributed by atoms with E-state index in [0.29, 0.717) is 0 Å². The summed E-state index contributed by atoms with van der Waals surface area (Å²) in [6.07, 6.45) is 0. The van der Waals surface area contributed by atoms with Gasteiger partial charge in [0.15, 0.2) is 0 Å². The van der Waals surface area contributed by atoms with Crippen LogP contribution in [0.5, 0.6) is 0 Å². The second-order valence-corrected chi connectivity index (χ2v) is 11.0. The van der Waals surface area contributed by atoms with E-state index < -0.39 is 0 Å². The van der Waals surface area contributed by atoms with Gasteiger partial charge in [0.05, 0.1) is 0 Å². The van der Waals surface area contributed by atoms with Crippen molar-refractivity contribution in [3.8, 4) is 33.4 Å². The third-order valence-electron chi connectivity index (χ3n) is 8.58. The van der Waals surface area contributed by atoms with Crippen LogP contribution in [-0.4, -0.2) is 0 Å². The van der Waals surface area contributed by atoms with Crippen LogP contribution >= 0.6 is 0 Å². The molecule has 8 aromatic rings. The van der Waals surface area contributed by atoms with Crippen molar-refractivity contribution in [1.29, 1.82) is 0 Å². The van der Waals surface area contributed by atoms with Gasteiger partial charge >= 0.3 is 0 Å². The molecule has 8 rings (SSSR count).